The lowest BCUT2D eigenvalue weighted by molar-refractivity contribution is -0.384. The molecule has 2 heterocycles. The number of rotatable bonds is 4. The molecule has 0 saturated carbocycles. The van der Waals surface area contributed by atoms with E-state index >= 15 is 0 Å². The average Bonchev–Trinajstić information content (AvgIpc) is 3.03. The number of carbonyl (C=O) groups is 1. The minimum Gasteiger partial charge on any atom is -0.484 e. The molecule has 3 rings (SSSR count). The highest BCUT2D eigenvalue weighted by Crippen LogP contribution is 2.32. The number of carbonyl (C=O) groups excluding carboxylic acids is 1. The van der Waals surface area contributed by atoms with E-state index in [0.29, 0.717) is 12.3 Å². The second-order valence-corrected chi connectivity index (χ2v) is 6.35. The third-order valence-corrected chi connectivity index (χ3v) is 5.00. The van der Waals surface area contributed by atoms with E-state index in [1.807, 2.05) is 11.8 Å². The van der Waals surface area contributed by atoms with Crippen LogP contribution in [0, 0.1) is 10.1 Å². The summed E-state index contributed by atoms with van der Waals surface area (Å²) < 4.78 is 5.46. The van der Waals surface area contributed by atoms with Gasteiger partial charge in [0.25, 0.3) is 11.6 Å². The van der Waals surface area contributed by atoms with Crippen molar-refractivity contribution in [3.63, 3.8) is 0 Å². The Bertz CT molecular complexity index is 726. The zero-order valence-corrected chi connectivity index (χ0v) is 13.4. The number of non-ortho nitro benzene ring substituents is 1. The molecule has 1 aromatic carbocycles. The van der Waals surface area contributed by atoms with Crippen LogP contribution >= 0.6 is 11.3 Å². The number of nitrogens with zero attached hydrogens (tertiary/aromatic N) is 2. The summed E-state index contributed by atoms with van der Waals surface area (Å²) in [5.41, 5.74) is 1.21. The van der Waals surface area contributed by atoms with Crippen LogP contribution in [-0.2, 0) is 11.2 Å². The maximum absolute atomic E-state index is 12.4. The Morgan fingerprint density at radius 3 is 2.83 bits per heavy atom. The largest absolute Gasteiger partial charge is 0.484 e. The van der Waals surface area contributed by atoms with Gasteiger partial charge >= 0.3 is 0 Å². The molecule has 0 bridgehead atoms. The number of nitro benzene ring substituents is 1. The van der Waals surface area contributed by atoms with Crippen LogP contribution in [0.4, 0.5) is 5.69 Å². The molecule has 0 fully saturated rings. The number of hydrogen-bond acceptors (Lipinski definition) is 5. The molecule has 1 amide bonds. The first kappa shape index (κ1) is 15.5. The van der Waals surface area contributed by atoms with Crippen LogP contribution in [0.25, 0.3) is 0 Å². The zero-order chi connectivity index (χ0) is 16.4. The lowest BCUT2D eigenvalue weighted by Gasteiger charge is -2.33. The van der Waals surface area contributed by atoms with Gasteiger partial charge in [-0.3, -0.25) is 14.9 Å². The van der Waals surface area contributed by atoms with E-state index in [9.17, 15) is 14.9 Å². The fourth-order valence-electron chi connectivity index (χ4n) is 2.74. The molecule has 120 valence electrons. The van der Waals surface area contributed by atoms with E-state index in [1.165, 1.54) is 34.7 Å². The van der Waals surface area contributed by atoms with E-state index in [4.69, 9.17) is 4.74 Å². The third kappa shape index (κ3) is 3.19. The summed E-state index contributed by atoms with van der Waals surface area (Å²) >= 11 is 1.73. The molecule has 0 radical (unpaired) electrons. The lowest BCUT2D eigenvalue weighted by atomic mass is 10.0. The number of hydrogen-bond donors (Lipinski definition) is 0. The normalized spacial score (nSPS) is 16.7. The fraction of sp³-hybridized carbons (Fsp3) is 0.312. The highest BCUT2D eigenvalue weighted by molar-refractivity contribution is 7.10. The first-order valence-electron chi connectivity index (χ1n) is 7.29. The van der Waals surface area contributed by atoms with Crippen molar-refractivity contribution in [1.29, 1.82) is 0 Å². The van der Waals surface area contributed by atoms with Gasteiger partial charge in [-0.05, 0) is 42.5 Å². The van der Waals surface area contributed by atoms with Gasteiger partial charge in [-0.2, -0.15) is 0 Å². The molecule has 0 saturated heterocycles. The van der Waals surface area contributed by atoms with E-state index in [1.54, 1.807) is 11.3 Å². The van der Waals surface area contributed by atoms with Gasteiger partial charge in [0.1, 0.15) is 5.75 Å². The van der Waals surface area contributed by atoms with Crippen LogP contribution in [0.3, 0.4) is 0 Å². The van der Waals surface area contributed by atoms with Gasteiger partial charge in [-0.15, -0.1) is 11.3 Å². The monoisotopic (exact) mass is 332 g/mol. The number of benzene rings is 1. The van der Waals surface area contributed by atoms with Gasteiger partial charge in [0.05, 0.1) is 11.0 Å². The minimum atomic E-state index is -0.469. The van der Waals surface area contributed by atoms with Crippen molar-refractivity contribution >= 4 is 22.9 Å². The van der Waals surface area contributed by atoms with E-state index in [2.05, 4.69) is 11.4 Å². The molecular weight excluding hydrogens is 316 g/mol. The van der Waals surface area contributed by atoms with Crippen molar-refractivity contribution in [2.75, 3.05) is 13.2 Å². The smallest absolute Gasteiger partial charge is 0.269 e. The van der Waals surface area contributed by atoms with E-state index < -0.39 is 4.92 Å². The Morgan fingerprint density at radius 1 is 1.39 bits per heavy atom. The predicted octanol–water partition coefficient (Wildman–Crippen LogP) is 3.18. The van der Waals surface area contributed by atoms with Crippen LogP contribution in [-0.4, -0.2) is 28.9 Å². The molecule has 6 nitrogen and oxygen atoms in total. The van der Waals surface area contributed by atoms with Crippen LogP contribution in [0.2, 0.25) is 0 Å². The Kier molecular flexibility index (Phi) is 4.29. The second kappa shape index (κ2) is 6.37. The predicted molar refractivity (Wildman–Crippen MR) is 86.7 cm³/mol. The molecule has 1 aliphatic heterocycles. The summed E-state index contributed by atoms with van der Waals surface area (Å²) in [4.78, 5) is 25.7. The summed E-state index contributed by atoms with van der Waals surface area (Å²) in [6, 6.07) is 7.85. The van der Waals surface area contributed by atoms with Crippen molar-refractivity contribution in [3.05, 3.63) is 56.3 Å². The van der Waals surface area contributed by atoms with Gasteiger partial charge in [0, 0.05) is 23.6 Å². The molecule has 2 aromatic rings. The van der Waals surface area contributed by atoms with Crippen molar-refractivity contribution in [3.8, 4) is 5.75 Å². The number of amides is 1. The number of thiophene rings is 1. The summed E-state index contributed by atoms with van der Waals surface area (Å²) in [7, 11) is 0. The average molecular weight is 332 g/mol. The van der Waals surface area contributed by atoms with E-state index in [-0.39, 0.29) is 24.2 Å². The van der Waals surface area contributed by atoms with Gasteiger partial charge in [-0.25, -0.2) is 0 Å². The van der Waals surface area contributed by atoms with Gasteiger partial charge < -0.3 is 9.64 Å². The summed E-state index contributed by atoms with van der Waals surface area (Å²) in [5.74, 6) is 0.373. The summed E-state index contributed by atoms with van der Waals surface area (Å²) in [5, 5.41) is 12.7. The first-order valence-corrected chi connectivity index (χ1v) is 8.17. The molecule has 23 heavy (non-hydrogen) atoms. The number of ether oxygens (including phenoxy) is 1. The maximum Gasteiger partial charge on any atom is 0.269 e. The highest BCUT2D eigenvalue weighted by atomic mass is 32.1. The molecule has 0 spiro atoms. The molecule has 7 heteroatoms. The topological polar surface area (TPSA) is 72.7 Å². The molecule has 0 aliphatic carbocycles. The zero-order valence-electron chi connectivity index (χ0n) is 12.6. The Labute approximate surface area is 137 Å². The number of fused-ring (bicyclic) bond motifs is 1. The molecular formula is C16H16N2O4S. The van der Waals surface area contributed by atoms with E-state index in [0.717, 1.165) is 6.42 Å². The number of nitro groups is 1. The van der Waals surface area contributed by atoms with Crippen molar-refractivity contribution < 1.29 is 14.5 Å². The minimum absolute atomic E-state index is 0.00156. The van der Waals surface area contributed by atoms with Gasteiger partial charge in [0.15, 0.2) is 6.61 Å². The van der Waals surface area contributed by atoms with Gasteiger partial charge in [-0.1, -0.05) is 0 Å². The van der Waals surface area contributed by atoms with Crippen LogP contribution in [0.15, 0.2) is 35.7 Å². The summed E-state index contributed by atoms with van der Waals surface area (Å²) in [6.07, 6.45) is 0.876. The van der Waals surface area contributed by atoms with Crippen molar-refractivity contribution in [2.24, 2.45) is 0 Å². The molecule has 1 aliphatic rings. The fourth-order valence-corrected chi connectivity index (χ4v) is 3.70. The van der Waals surface area contributed by atoms with Crippen LogP contribution in [0.5, 0.6) is 5.75 Å². The van der Waals surface area contributed by atoms with Gasteiger partial charge in [0.2, 0.25) is 0 Å². The highest BCUT2D eigenvalue weighted by Gasteiger charge is 2.28. The Hall–Kier alpha value is -2.41. The van der Waals surface area contributed by atoms with Crippen molar-refractivity contribution in [2.45, 2.75) is 19.4 Å². The summed E-state index contributed by atoms with van der Waals surface area (Å²) in [6.45, 7) is 2.65. The van der Waals surface area contributed by atoms with Crippen LogP contribution in [0.1, 0.15) is 23.4 Å². The third-order valence-electron chi connectivity index (χ3n) is 4.01. The molecule has 1 aromatic heterocycles. The SMILES string of the molecule is C[C@H]1c2ccsc2CCN1C(=O)COc1ccc([N+](=O)[O-])cc1. The van der Waals surface area contributed by atoms with Crippen molar-refractivity contribution in [1.82, 2.24) is 4.90 Å². The molecule has 0 unspecified atom stereocenters. The van der Waals surface area contributed by atoms with Crippen LogP contribution < -0.4 is 4.74 Å². The lowest BCUT2D eigenvalue weighted by Crippen LogP contribution is -2.40. The molecule has 0 N–H and O–H groups in total. The quantitative estimate of drug-likeness (QED) is 0.637. The first-order chi connectivity index (χ1) is 11.1. The Morgan fingerprint density at radius 2 is 2.13 bits per heavy atom. The second-order valence-electron chi connectivity index (χ2n) is 5.35. The Balaban J connectivity index is 1.60. The maximum atomic E-state index is 12.4. The molecule has 1 atom stereocenters. The standard InChI is InChI=1S/C16H16N2O4S/c1-11-14-7-9-23-15(14)6-8-17(11)16(19)10-22-13-4-2-12(3-5-13)18(20)21/h2-5,7,9,11H,6,8,10H2,1H3/t11-/m0/s1.